The number of rotatable bonds is 9. The minimum Gasteiger partial charge on any atom is -0.299 e. The SMILES string of the molecule is CC.CCCN(CCCCN1C(=O)c2ccccc2C1=O)Cc1ccccc1. The normalized spacial score (nSPS) is 12.8. The summed E-state index contributed by atoms with van der Waals surface area (Å²) in [5, 5.41) is 0. The summed E-state index contributed by atoms with van der Waals surface area (Å²) in [6.45, 7) is 9.67. The van der Waals surface area contributed by atoms with Gasteiger partial charge in [0.2, 0.25) is 0 Å². The number of carbonyl (C=O) groups is 2. The third-order valence-electron chi connectivity index (χ3n) is 4.77. The number of hydrogen-bond donors (Lipinski definition) is 0. The smallest absolute Gasteiger partial charge is 0.261 e. The van der Waals surface area contributed by atoms with E-state index in [4.69, 9.17) is 0 Å². The molecule has 0 fully saturated rings. The van der Waals surface area contributed by atoms with Crippen LogP contribution in [0.4, 0.5) is 0 Å². The van der Waals surface area contributed by atoms with E-state index in [2.05, 4.69) is 36.1 Å². The second-order valence-corrected chi connectivity index (χ2v) is 6.78. The van der Waals surface area contributed by atoms with Gasteiger partial charge in [-0.25, -0.2) is 0 Å². The quantitative estimate of drug-likeness (QED) is 0.454. The Kier molecular flexibility index (Phi) is 8.89. The van der Waals surface area contributed by atoms with E-state index in [9.17, 15) is 9.59 Å². The Morgan fingerprint density at radius 2 is 1.36 bits per heavy atom. The number of unbranched alkanes of at least 4 members (excludes halogenated alkanes) is 1. The minimum atomic E-state index is -0.153. The predicted octanol–water partition coefficient (Wildman–Crippen LogP) is 5.00. The summed E-state index contributed by atoms with van der Waals surface area (Å²) in [5.74, 6) is -0.305. The van der Waals surface area contributed by atoms with Crippen molar-refractivity contribution in [2.75, 3.05) is 19.6 Å². The summed E-state index contributed by atoms with van der Waals surface area (Å²) >= 11 is 0. The second kappa shape index (κ2) is 11.4. The second-order valence-electron chi connectivity index (χ2n) is 6.78. The van der Waals surface area contributed by atoms with Crippen molar-refractivity contribution in [3.8, 4) is 0 Å². The molecule has 0 spiro atoms. The summed E-state index contributed by atoms with van der Waals surface area (Å²) < 4.78 is 0. The number of amides is 2. The molecular weight excluding hydrogens is 348 g/mol. The lowest BCUT2D eigenvalue weighted by Gasteiger charge is -2.22. The van der Waals surface area contributed by atoms with Crippen molar-refractivity contribution in [3.63, 3.8) is 0 Å². The first-order valence-corrected chi connectivity index (χ1v) is 10.4. The molecular formula is C24H32N2O2. The van der Waals surface area contributed by atoms with E-state index in [0.717, 1.165) is 38.9 Å². The van der Waals surface area contributed by atoms with Crippen molar-refractivity contribution in [1.29, 1.82) is 0 Å². The Morgan fingerprint density at radius 3 is 1.93 bits per heavy atom. The van der Waals surface area contributed by atoms with Crippen molar-refractivity contribution in [2.24, 2.45) is 0 Å². The van der Waals surface area contributed by atoms with Crippen molar-refractivity contribution in [3.05, 3.63) is 71.3 Å². The molecule has 0 aliphatic carbocycles. The lowest BCUT2D eigenvalue weighted by atomic mass is 10.1. The van der Waals surface area contributed by atoms with Gasteiger partial charge in [0.05, 0.1) is 11.1 Å². The van der Waals surface area contributed by atoms with Crippen LogP contribution in [0.5, 0.6) is 0 Å². The van der Waals surface area contributed by atoms with Gasteiger partial charge in [-0.2, -0.15) is 0 Å². The predicted molar refractivity (Wildman–Crippen MR) is 114 cm³/mol. The molecule has 4 nitrogen and oxygen atoms in total. The molecule has 3 rings (SSSR count). The van der Waals surface area contributed by atoms with Gasteiger partial charge in [-0.3, -0.25) is 19.4 Å². The molecule has 0 saturated heterocycles. The Morgan fingerprint density at radius 1 is 0.786 bits per heavy atom. The van der Waals surface area contributed by atoms with Crippen molar-refractivity contribution in [2.45, 2.75) is 46.6 Å². The number of imide groups is 1. The molecule has 0 aromatic heterocycles. The number of benzene rings is 2. The van der Waals surface area contributed by atoms with Crippen LogP contribution in [0.1, 0.15) is 66.3 Å². The van der Waals surface area contributed by atoms with E-state index in [0.29, 0.717) is 17.7 Å². The Labute approximate surface area is 169 Å². The van der Waals surface area contributed by atoms with Gasteiger partial charge >= 0.3 is 0 Å². The molecule has 150 valence electrons. The topological polar surface area (TPSA) is 40.6 Å². The number of hydrogen-bond acceptors (Lipinski definition) is 3. The number of carbonyl (C=O) groups excluding carboxylic acids is 2. The van der Waals surface area contributed by atoms with Crippen LogP contribution >= 0.6 is 0 Å². The maximum Gasteiger partial charge on any atom is 0.261 e. The molecule has 28 heavy (non-hydrogen) atoms. The van der Waals surface area contributed by atoms with Crippen LogP contribution < -0.4 is 0 Å². The van der Waals surface area contributed by atoms with E-state index in [1.807, 2.05) is 19.9 Å². The molecule has 4 heteroatoms. The lowest BCUT2D eigenvalue weighted by Crippen LogP contribution is -2.31. The van der Waals surface area contributed by atoms with E-state index in [-0.39, 0.29) is 11.8 Å². The highest BCUT2D eigenvalue weighted by Crippen LogP contribution is 2.22. The molecule has 0 unspecified atom stereocenters. The van der Waals surface area contributed by atoms with Gasteiger partial charge in [-0.05, 0) is 50.0 Å². The zero-order valence-electron chi connectivity index (χ0n) is 17.4. The van der Waals surface area contributed by atoms with Crippen LogP contribution in [0.2, 0.25) is 0 Å². The van der Waals surface area contributed by atoms with Crippen LogP contribution in [-0.4, -0.2) is 41.2 Å². The summed E-state index contributed by atoms with van der Waals surface area (Å²) in [6, 6.07) is 17.6. The highest BCUT2D eigenvalue weighted by molar-refractivity contribution is 6.21. The highest BCUT2D eigenvalue weighted by atomic mass is 16.2. The first-order chi connectivity index (χ1) is 13.7. The standard InChI is InChI=1S/C22H26N2O2.C2H6/c1-2-14-23(17-18-10-4-3-5-11-18)15-8-9-16-24-21(25)19-12-6-7-13-20(19)22(24)26;1-2/h3-7,10-13H,2,8-9,14-17H2,1H3;1-2H3. The average Bonchev–Trinajstić information content (AvgIpc) is 2.98. The Bertz CT molecular complexity index is 723. The van der Waals surface area contributed by atoms with Crippen molar-refractivity contribution in [1.82, 2.24) is 9.80 Å². The molecule has 0 N–H and O–H groups in total. The van der Waals surface area contributed by atoms with E-state index in [1.54, 1.807) is 24.3 Å². The van der Waals surface area contributed by atoms with Crippen LogP contribution in [0.15, 0.2) is 54.6 Å². The number of fused-ring (bicyclic) bond motifs is 1. The third kappa shape index (κ3) is 5.52. The summed E-state index contributed by atoms with van der Waals surface area (Å²) in [7, 11) is 0. The molecule has 1 aliphatic rings. The van der Waals surface area contributed by atoms with Crippen LogP contribution in [-0.2, 0) is 6.54 Å². The van der Waals surface area contributed by atoms with Gasteiger partial charge in [0.15, 0.2) is 0 Å². The van der Waals surface area contributed by atoms with Crippen LogP contribution in [0, 0.1) is 0 Å². The fourth-order valence-electron chi connectivity index (χ4n) is 3.48. The molecule has 1 aliphatic heterocycles. The molecule has 1 heterocycles. The maximum atomic E-state index is 12.4. The first-order valence-electron chi connectivity index (χ1n) is 10.4. The Balaban J connectivity index is 0.00000136. The Hall–Kier alpha value is -2.46. The van der Waals surface area contributed by atoms with Gasteiger partial charge in [0.25, 0.3) is 11.8 Å². The van der Waals surface area contributed by atoms with Crippen molar-refractivity contribution >= 4 is 11.8 Å². The number of nitrogens with zero attached hydrogens (tertiary/aromatic N) is 2. The van der Waals surface area contributed by atoms with Crippen LogP contribution in [0.25, 0.3) is 0 Å². The fraction of sp³-hybridized carbons (Fsp3) is 0.417. The molecule has 0 saturated carbocycles. The molecule has 2 aromatic carbocycles. The first kappa shape index (κ1) is 21.8. The van der Waals surface area contributed by atoms with Gasteiger partial charge in [-0.15, -0.1) is 0 Å². The van der Waals surface area contributed by atoms with Crippen molar-refractivity contribution < 1.29 is 9.59 Å². The average molecular weight is 381 g/mol. The molecule has 0 radical (unpaired) electrons. The monoisotopic (exact) mass is 380 g/mol. The third-order valence-corrected chi connectivity index (χ3v) is 4.77. The molecule has 2 aromatic rings. The maximum absolute atomic E-state index is 12.4. The minimum absolute atomic E-state index is 0.153. The van der Waals surface area contributed by atoms with Gasteiger partial charge in [0, 0.05) is 13.1 Å². The fourth-order valence-corrected chi connectivity index (χ4v) is 3.48. The largest absolute Gasteiger partial charge is 0.299 e. The lowest BCUT2D eigenvalue weighted by molar-refractivity contribution is 0.0650. The molecule has 2 amide bonds. The van der Waals surface area contributed by atoms with E-state index < -0.39 is 0 Å². The summed E-state index contributed by atoms with van der Waals surface area (Å²) in [6.07, 6.45) is 2.92. The zero-order chi connectivity index (χ0) is 20.4. The zero-order valence-corrected chi connectivity index (χ0v) is 17.4. The highest BCUT2D eigenvalue weighted by Gasteiger charge is 2.34. The van der Waals surface area contributed by atoms with Crippen LogP contribution in [0.3, 0.4) is 0 Å². The van der Waals surface area contributed by atoms with Gasteiger partial charge in [-0.1, -0.05) is 63.2 Å². The van der Waals surface area contributed by atoms with Gasteiger partial charge < -0.3 is 0 Å². The van der Waals surface area contributed by atoms with E-state index in [1.165, 1.54) is 10.5 Å². The van der Waals surface area contributed by atoms with Gasteiger partial charge in [0.1, 0.15) is 0 Å². The molecule has 0 atom stereocenters. The molecule has 0 bridgehead atoms. The summed E-state index contributed by atoms with van der Waals surface area (Å²) in [5.41, 5.74) is 2.39. The van der Waals surface area contributed by atoms with E-state index >= 15 is 0 Å². The summed E-state index contributed by atoms with van der Waals surface area (Å²) in [4.78, 5) is 28.6.